The third-order valence-electron chi connectivity index (χ3n) is 7.04. The standard InChI is InChI=1S/C22H30ClN3O2/c1-13(18-3-5-19(23)6-4-18)24-14(2)20(27)25-21(28)26-22-10-15-7-16(11-22)9-17(8-15)12-22/h3-6,13-17,24H,7-12H2,1-2H3,(H2,25,26,27,28)/p+1/t13-,14+,15?,16?,17?,22?/m1/s1. The fourth-order valence-electron chi connectivity index (χ4n) is 6.16. The maximum atomic E-state index is 12.6. The molecule has 3 amide bonds. The van der Waals surface area contributed by atoms with E-state index >= 15 is 0 Å². The SMILES string of the molecule is C[C@H]([NH2+][C@H](C)c1ccc(Cl)cc1)C(=O)NC(=O)NC12CC3CC(CC(C3)C1)C2. The van der Waals surface area contributed by atoms with Gasteiger partial charge < -0.3 is 10.6 Å². The van der Waals surface area contributed by atoms with Crippen molar-refractivity contribution in [3.8, 4) is 0 Å². The Balaban J connectivity index is 1.29. The summed E-state index contributed by atoms with van der Waals surface area (Å²) in [4.78, 5) is 25.1. The summed E-state index contributed by atoms with van der Waals surface area (Å²) in [5.74, 6) is 2.03. The van der Waals surface area contributed by atoms with E-state index in [0.29, 0.717) is 5.02 Å². The molecule has 6 heteroatoms. The van der Waals surface area contributed by atoms with Crippen molar-refractivity contribution in [3.63, 3.8) is 0 Å². The van der Waals surface area contributed by atoms with Crippen LogP contribution in [0.15, 0.2) is 24.3 Å². The number of amides is 3. The average Bonchev–Trinajstić information content (AvgIpc) is 2.60. The van der Waals surface area contributed by atoms with Gasteiger partial charge in [-0.1, -0.05) is 23.7 Å². The summed E-state index contributed by atoms with van der Waals surface area (Å²) in [5, 5.41) is 8.45. The van der Waals surface area contributed by atoms with Crippen molar-refractivity contribution in [1.29, 1.82) is 0 Å². The summed E-state index contributed by atoms with van der Waals surface area (Å²) in [6.07, 6.45) is 7.23. The first kappa shape index (κ1) is 19.7. The van der Waals surface area contributed by atoms with Gasteiger partial charge in [0.15, 0.2) is 6.04 Å². The van der Waals surface area contributed by atoms with Gasteiger partial charge in [0.2, 0.25) is 0 Å². The van der Waals surface area contributed by atoms with Gasteiger partial charge in [-0.25, -0.2) is 4.79 Å². The molecular formula is C22H31ClN3O2+. The van der Waals surface area contributed by atoms with Gasteiger partial charge >= 0.3 is 6.03 Å². The Morgan fingerprint density at radius 3 is 2.11 bits per heavy atom. The first-order valence-electron chi connectivity index (χ1n) is 10.6. The third kappa shape index (κ3) is 4.20. The van der Waals surface area contributed by atoms with Gasteiger partial charge in [-0.05, 0) is 82.3 Å². The van der Waals surface area contributed by atoms with Gasteiger partial charge in [0.05, 0.1) is 0 Å². The van der Waals surface area contributed by atoms with Crippen LogP contribution in [0.5, 0.6) is 0 Å². The second-order valence-corrected chi connectivity index (χ2v) is 9.90. The Labute approximate surface area is 172 Å². The number of urea groups is 1. The molecule has 28 heavy (non-hydrogen) atoms. The highest BCUT2D eigenvalue weighted by Gasteiger charge is 2.51. The van der Waals surface area contributed by atoms with Crippen molar-refractivity contribution in [2.75, 3.05) is 0 Å². The molecule has 4 fully saturated rings. The van der Waals surface area contributed by atoms with Crippen molar-refractivity contribution >= 4 is 23.5 Å². The van der Waals surface area contributed by atoms with Crippen molar-refractivity contribution in [3.05, 3.63) is 34.9 Å². The molecule has 1 aromatic carbocycles. The smallest absolute Gasteiger partial charge is 0.322 e. The van der Waals surface area contributed by atoms with Crippen LogP contribution < -0.4 is 16.0 Å². The molecule has 4 N–H and O–H groups in total. The Morgan fingerprint density at radius 1 is 1.04 bits per heavy atom. The number of quaternary nitrogens is 1. The minimum atomic E-state index is -0.354. The molecule has 152 valence electrons. The second kappa shape index (κ2) is 7.68. The number of hydrogen-bond donors (Lipinski definition) is 3. The first-order chi connectivity index (χ1) is 13.3. The summed E-state index contributed by atoms with van der Waals surface area (Å²) in [7, 11) is 0. The number of halogens is 1. The minimum Gasteiger partial charge on any atom is -0.332 e. The van der Waals surface area contributed by atoms with Crippen molar-refractivity contribution in [2.45, 2.75) is 70.0 Å². The van der Waals surface area contributed by atoms with E-state index in [-0.39, 0.29) is 29.6 Å². The molecule has 4 aliphatic rings. The van der Waals surface area contributed by atoms with E-state index in [0.717, 1.165) is 42.6 Å². The summed E-state index contributed by atoms with van der Waals surface area (Å²) >= 11 is 5.94. The zero-order valence-corrected chi connectivity index (χ0v) is 17.5. The lowest BCUT2D eigenvalue weighted by atomic mass is 9.53. The van der Waals surface area contributed by atoms with Crippen LogP contribution in [0.2, 0.25) is 5.02 Å². The molecule has 1 aromatic rings. The van der Waals surface area contributed by atoms with E-state index in [9.17, 15) is 9.59 Å². The molecule has 0 radical (unpaired) electrons. The molecule has 5 rings (SSSR count). The zero-order chi connectivity index (χ0) is 19.9. The highest BCUT2D eigenvalue weighted by atomic mass is 35.5. The molecular weight excluding hydrogens is 374 g/mol. The van der Waals surface area contributed by atoms with Crippen molar-refractivity contribution in [1.82, 2.24) is 10.6 Å². The fraction of sp³-hybridized carbons (Fsp3) is 0.636. The average molecular weight is 405 g/mol. The Bertz CT molecular complexity index is 713. The van der Waals surface area contributed by atoms with Gasteiger partial charge in [-0.3, -0.25) is 10.1 Å². The molecule has 0 saturated heterocycles. The maximum Gasteiger partial charge on any atom is 0.322 e. The molecule has 4 saturated carbocycles. The number of carbonyl (C=O) groups excluding carboxylic acids is 2. The van der Waals surface area contributed by atoms with Crippen LogP contribution in [0.1, 0.15) is 64.0 Å². The second-order valence-electron chi connectivity index (χ2n) is 9.46. The lowest BCUT2D eigenvalue weighted by Crippen LogP contribution is -2.92. The van der Waals surface area contributed by atoms with E-state index in [2.05, 4.69) is 10.6 Å². The predicted molar refractivity (Wildman–Crippen MR) is 109 cm³/mol. The highest BCUT2D eigenvalue weighted by Crippen LogP contribution is 2.55. The Morgan fingerprint density at radius 2 is 1.57 bits per heavy atom. The number of benzene rings is 1. The largest absolute Gasteiger partial charge is 0.332 e. The number of nitrogens with two attached hydrogens (primary N) is 1. The van der Waals surface area contributed by atoms with Crippen LogP contribution in [0.4, 0.5) is 4.79 Å². The van der Waals surface area contributed by atoms with Gasteiger partial charge in [0.1, 0.15) is 6.04 Å². The molecule has 0 aliphatic heterocycles. The van der Waals surface area contributed by atoms with Crippen LogP contribution in [0.3, 0.4) is 0 Å². The minimum absolute atomic E-state index is 0.0807. The molecule has 2 atom stereocenters. The number of imide groups is 1. The molecule has 0 aromatic heterocycles. The third-order valence-corrected chi connectivity index (χ3v) is 7.29. The van der Waals surface area contributed by atoms with Crippen molar-refractivity contribution in [2.24, 2.45) is 17.8 Å². The molecule has 0 unspecified atom stereocenters. The van der Waals surface area contributed by atoms with E-state index in [1.807, 2.05) is 43.4 Å². The van der Waals surface area contributed by atoms with Gasteiger partial charge in [0, 0.05) is 16.1 Å². The normalized spacial score (nSPS) is 32.6. The predicted octanol–water partition coefficient (Wildman–Crippen LogP) is 3.15. The number of rotatable bonds is 5. The van der Waals surface area contributed by atoms with E-state index in [1.54, 1.807) is 0 Å². The number of hydrogen-bond acceptors (Lipinski definition) is 2. The highest BCUT2D eigenvalue weighted by molar-refractivity contribution is 6.30. The first-order valence-corrected chi connectivity index (χ1v) is 10.9. The van der Waals surface area contributed by atoms with Crippen molar-refractivity contribution < 1.29 is 14.9 Å². The monoisotopic (exact) mass is 404 g/mol. The number of carbonyl (C=O) groups is 2. The summed E-state index contributed by atoms with van der Waals surface area (Å²) in [5.41, 5.74) is 1.02. The van der Waals surface area contributed by atoms with Crippen LogP contribution in [0.25, 0.3) is 0 Å². The molecule has 4 bridgehead atoms. The lowest BCUT2D eigenvalue weighted by molar-refractivity contribution is -0.710. The Kier molecular flexibility index (Phi) is 5.41. The summed E-state index contributed by atoms with van der Waals surface area (Å²) in [6, 6.07) is 7.06. The van der Waals surface area contributed by atoms with Gasteiger partial charge in [-0.15, -0.1) is 0 Å². The zero-order valence-electron chi connectivity index (χ0n) is 16.7. The Hall–Kier alpha value is -1.59. The van der Waals surface area contributed by atoms with E-state index < -0.39 is 0 Å². The lowest BCUT2D eigenvalue weighted by Gasteiger charge is -2.56. The van der Waals surface area contributed by atoms with Gasteiger partial charge in [0.25, 0.3) is 5.91 Å². The molecule has 0 spiro atoms. The molecule has 5 nitrogen and oxygen atoms in total. The molecule has 4 aliphatic carbocycles. The van der Waals surface area contributed by atoms with Crippen LogP contribution >= 0.6 is 11.6 Å². The van der Waals surface area contributed by atoms with E-state index in [4.69, 9.17) is 11.6 Å². The van der Waals surface area contributed by atoms with Crippen LogP contribution in [0, 0.1) is 17.8 Å². The molecule has 0 heterocycles. The maximum absolute atomic E-state index is 12.6. The van der Waals surface area contributed by atoms with E-state index in [1.165, 1.54) is 19.3 Å². The summed E-state index contributed by atoms with van der Waals surface area (Å²) < 4.78 is 0. The van der Waals surface area contributed by atoms with Gasteiger partial charge in [-0.2, -0.15) is 0 Å². The van der Waals surface area contributed by atoms with Crippen LogP contribution in [-0.2, 0) is 4.79 Å². The quantitative estimate of drug-likeness (QED) is 0.705. The van der Waals surface area contributed by atoms with Crippen LogP contribution in [-0.4, -0.2) is 23.5 Å². The summed E-state index contributed by atoms with van der Waals surface area (Å²) in [6.45, 7) is 3.88. The topological polar surface area (TPSA) is 74.8 Å². The number of nitrogens with one attached hydrogen (secondary N) is 2. The fourth-order valence-corrected chi connectivity index (χ4v) is 6.29.